The van der Waals surface area contributed by atoms with Gasteiger partial charge in [-0.25, -0.2) is 4.98 Å². The van der Waals surface area contributed by atoms with Crippen LogP contribution >= 0.6 is 11.3 Å². The molecular formula is C14H19N3S. The predicted octanol–water partition coefficient (Wildman–Crippen LogP) is 2.67. The van der Waals surface area contributed by atoms with Crippen molar-refractivity contribution < 1.29 is 0 Å². The normalized spacial score (nSPS) is 16.2. The van der Waals surface area contributed by atoms with Gasteiger partial charge in [-0.2, -0.15) is 0 Å². The molecule has 0 saturated heterocycles. The van der Waals surface area contributed by atoms with Gasteiger partial charge in [0.2, 0.25) is 0 Å². The number of thiazole rings is 1. The van der Waals surface area contributed by atoms with Gasteiger partial charge in [0, 0.05) is 18.1 Å². The minimum Gasteiger partial charge on any atom is -0.321 e. The van der Waals surface area contributed by atoms with Gasteiger partial charge in [0.25, 0.3) is 0 Å². The van der Waals surface area contributed by atoms with Crippen LogP contribution in [0.5, 0.6) is 0 Å². The summed E-state index contributed by atoms with van der Waals surface area (Å²) in [5.74, 6) is 0. The van der Waals surface area contributed by atoms with Gasteiger partial charge in [-0.3, -0.25) is 0 Å². The first-order valence-electron chi connectivity index (χ1n) is 6.07. The summed E-state index contributed by atoms with van der Waals surface area (Å²) in [6.07, 6.45) is 1.83. The Kier molecular flexibility index (Phi) is 4.11. The minimum absolute atomic E-state index is 0.233. The van der Waals surface area contributed by atoms with Crippen LogP contribution < -0.4 is 11.1 Å². The third kappa shape index (κ3) is 3.16. The molecule has 1 heterocycles. The largest absolute Gasteiger partial charge is 0.321 e. The summed E-state index contributed by atoms with van der Waals surface area (Å²) in [4.78, 5) is 4.30. The molecule has 18 heavy (non-hydrogen) atoms. The highest BCUT2D eigenvalue weighted by Gasteiger charge is 2.21. The Morgan fingerprint density at radius 3 is 2.72 bits per heavy atom. The Morgan fingerprint density at radius 2 is 2.11 bits per heavy atom. The van der Waals surface area contributed by atoms with Crippen molar-refractivity contribution in [3.63, 3.8) is 0 Å². The van der Waals surface area contributed by atoms with Crippen LogP contribution in [0.3, 0.4) is 0 Å². The summed E-state index contributed by atoms with van der Waals surface area (Å²) in [6, 6.07) is 10.4. The fourth-order valence-corrected chi connectivity index (χ4v) is 2.49. The van der Waals surface area contributed by atoms with E-state index in [1.165, 1.54) is 0 Å². The molecule has 2 rings (SSSR count). The summed E-state index contributed by atoms with van der Waals surface area (Å²) >= 11 is 1.66. The van der Waals surface area contributed by atoms with E-state index in [4.69, 9.17) is 5.73 Å². The monoisotopic (exact) mass is 261 g/mol. The second kappa shape index (κ2) is 5.61. The molecule has 3 N–H and O–H groups in total. The number of hydrogen-bond donors (Lipinski definition) is 2. The molecule has 0 aliphatic heterocycles. The number of nitrogens with one attached hydrogen (secondary N) is 1. The molecule has 1 aromatic carbocycles. The van der Waals surface area contributed by atoms with Crippen LogP contribution in [0, 0.1) is 0 Å². The molecule has 4 heteroatoms. The van der Waals surface area contributed by atoms with E-state index in [2.05, 4.69) is 29.4 Å². The quantitative estimate of drug-likeness (QED) is 0.870. The maximum absolute atomic E-state index is 6.36. The van der Waals surface area contributed by atoms with Gasteiger partial charge in [-0.1, -0.05) is 30.3 Å². The lowest BCUT2D eigenvalue weighted by molar-refractivity contribution is 0.416. The molecule has 0 radical (unpaired) electrons. The van der Waals surface area contributed by atoms with Gasteiger partial charge in [0.15, 0.2) is 0 Å². The van der Waals surface area contributed by atoms with Crippen LogP contribution in [0.25, 0.3) is 0 Å². The number of nitrogens with zero attached hydrogens (tertiary/aromatic N) is 1. The molecule has 0 aliphatic rings. The number of hydrogen-bond acceptors (Lipinski definition) is 4. The Bertz CT molecular complexity index is 465. The zero-order valence-electron chi connectivity index (χ0n) is 10.8. The molecule has 0 bridgehead atoms. The van der Waals surface area contributed by atoms with Gasteiger partial charge in [0.1, 0.15) is 5.01 Å². The zero-order valence-corrected chi connectivity index (χ0v) is 11.6. The Balaban J connectivity index is 1.97. The Labute approximate surface area is 112 Å². The fraction of sp³-hybridized carbons (Fsp3) is 0.357. The standard InChI is InChI=1S/C14H19N3S/c1-11(13-16-8-9-18-13)17-10-14(2,15)12-6-4-3-5-7-12/h3-9,11,17H,10,15H2,1-2H3. The lowest BCUT2D eigenvalue weighted by Crippen LogP contribution is -2.44. The smallest absolute Gasteiger partial charge is 0.109 e. The highest BCUT2D eigenvalue weighted by atomic mass is 32.1. The number of aromatic nitrogens is 1. The van der Waals surface area contributed by atoms with Crippen LogP contribution in [0.1, 0.15) is 30.5 Å². The molecule has 0 spiro atoms. The number of rotatable bonds is 5. The average Bonchev–Trinajstić information content (AvgIpc) is 2.91. The molecule has 2 atom stereocenters. The van der Waals surface area contributed by atoms with Crippen molar-refractivity contribution in [1.29, 1.82) is 0 Å². The number of benzene rings is 1. The lowest BCUT2D eigenvalue weighted by Gasteiger charge is -2.27. The fourth-order valence-electron chi connectivity index (χ4n) is 1.82. The average molecular weight is 261 g/mol. The molecule has 0 fully saturated rings. The molecule has 2 unspecified atom stereocenters. The Morgan fingerprint density at radius 1 is 1.39 bits per heavy atom. The first-order chi connectivity index (χ1) is 8.59. The van der Waals surface area contributed by atoms with Gasteiger partial charge >= 0.3 is 0 Å². The van der Waals surface area contributed by atoms with Crippen LogP contribution in [0.4, 0.5) is 0 Å². The van der Waals surface area contributed by atoms with E-state index in [9.17, 15) is 0 Å². The zero-order chi connectivity index (χ0) is 13.0. The van der Waals surface area contributed by atoms with Gasteiger partial charge in [-0.15, -0.1) is 11.3 Å². The first kappa shape index (κ1) is 13.2. The third-order valence-corrected chi connectivity index (χ3v) is 3.99. The van der Waals surface area contributed by atoms with Crippen molar-refractivity contribution in [3.05, 3.63) is 52.5 Å². The van der Waals surface area contributed by atoms with E-state index in [0.717, 1.165) is 17.1 Å². The van der Waals surface area contributed by atoms with E-state index in [0.29, 0.717) is 0 Å². The topological polar surface area (TPSA) is 50.9 Å². The van der Waals surface area contributed by atoms with Crippen LogP contribution in [-0.2, 0) is 5.54 Å². The minimum atomic E-state index is -0.368. The van der Waals surface area contributed by atoms with E-state index in [-0.39, 0.29) is 11.6 Å². The maximum atomic E-state index is 6.36. The third-order valence-electron chi connectivity index (χ3n) is 3.03. The van der Waals surface area contributed by atoms with Crippen molar-refractivity contribution >= 4 is 11.3 Å². The van der Waals surface area contributed by atoms with E-state index < -0.39 is 0 Å². The molecule has 3 nitrogen and oxygen atoms in total. The van der Waals surface area contributed by atoms with Crippen LogP contribution in [0.15, 0.2) is 41.9 Å². The van der Waals surface area contributed by atoms with Crippen molar-refractivity contribution in [1.82, 2.24) is 10.3 Å². The van der Waals surface area contributed by atoms with E-state index in [1.54, 1.807) is 11.3 Å². The molecule has 2 aromatic rings. The lowest BCUT2D eigenvalue weighted by atomic mass is 9.93. The maximum Gasteiger partial charge on any atom is 0.109 e. The van der Waals surface area contributed by atoms with Crippen LogP contribution in [0.2, 0.25) is 0 Å². The predicted molar refractivity (Wildman–Crippen MR) is 76.5 cm³/mol. The summed E-state index contributed by atoms with van der Waals surface area (Å²) in [5.41, 5.74) is 7.13. The summed E-state index contributed by atoms with van der Waals surface area (Å²) in [6.45, 7) is 4.88. The van der Waals surface area contributed by atoms with Crippen molar-refractivity contribution in [2.75, 3.05) is 6.54 Å². The van der Waals surface area contributed by atoms with Crippen LogP contribution in [-0.4, -0.2) is 11.5 Å². The van der Waals surface area contributed by atoms with Gasteiger partial charge in [0.05, 0.1) is 11.6 Å². The van der Waals surface area contributed by atoms with Crippen molar-refractivity contribution in [2.45, 2.75) is 25.4 Å². The second-order valence-electron chi connectivity index (χ2n) is 4.76. The second-order valence-corrected chi connectivity index (χ2v) is 5.68. The summed E-state index contributed by atoms with van der Waals surface area (Å²) in [7, 11) is 0. The Hall–Kier alpha value is -1.23. The van der Waals surface area contributed by atoms with Gasteiger partial charge < -0.3 is 11.1 Å². The molecule has 1 aromatic heterocycles. The van der Waals surface area contributed by atoms with Crippen molar-refractivity contribution in [2.24, 2.45) is 5.73 Å². The summed E-state index contributed by atoms with van der Waals surface area (Å²) < 4.78 is 0. The van der Waals surface area contributed by atoms with Gasteiger partial charge in [-0.05, 0) is 19.4 Å². The highest BCUT2D eigenvalue weighted by Crippen LogP contribution is 2.19. The first-order valence-corrected chi connectivity index (χ1v) is 6.95. The number of nitrogens with two attached hydrogens (primary N) is 1. The molecule has 0 saturated carbocycles. The van der Waals surface area contributed by atoms with E-state index in [1.807, 2.05) is 36.7 Å². The molecule has 0 aliphatic carbocycles. The molecular weight excluding hydrogens is 242 g/mol. The molecule has 96 valence electrons. The molecule has 0 amide bonds. The van der Waals surface area contributed by atoms with E-state index >= 15 is 0 Å². The SMILES string of the molecule is CC(NCC(C)(N)c1ccccc1)c1nccs1. The summed E-state index contributed by atoms with van der Waals surface area (Å²) in [5, 5.41) is 6.54. The highest BCUT2D eigenvalue weighted by molar-refractivity contribution is 7.09. The van der Waals surface area contributed by atoms with Crippen molar-refractivity contribution in [3.8, 4) is 0 Å².